The van der Waals surface area contributed by atoms with Crippen LogP contribution in [0.2, 0.25) is 0 Å². The number of aromatic nitrogens is 2. The Morgan fingerprint density at radius 2 is 2.13 bits per heavy atom. The van der Waals surface area contributed by atoms with Gasteiger partial charge in [-0.3, -0.25) is 4.90 Å². The Labute approximate surface area is 135 Å². The molecule has 2 heterocycles. The molecule has 1 aliphatic rings. The molecule has 0 bridgehead atoms. The normalized spacial score (nSPS) is 23.3. The van der Waals surface area contributed by atoms with Gasteiger partial charge in [-0.2, -0.15) is 4.98 Å². The Morgan fingerprint density at radius 1 is 1.35 bits per heavy atom. The summed E-state index contributed by atoms with van der Waals surface area (Å²) in [6, 6.07) is 10.0. The number of β-amino-alcohol motifs (C(OH)–C–C–N with tert-alkyl or cyclic N) is 2. The summed E-state index contributed by atoms with van der Waals surface area (Å²) < 4.78 is 5.24. The lowest BCUT2D eigenvalue weighted by molar-refractivity contribution is 0.0859. The molecule has 1 aromatic carbocycles. The van der Waals surface area contributed by atoms with E-state index in [0.29, 0.717) is 37.6 Å². The fourth-order valence-electron chi connectivity index (χ4n) is 3.13. The van der Waals surface area contributed by atoms with E-state index < -0.39 is 12.2 Å². The third-order valence-electron chi connectivity index (χ3n) is 4.26. The molecule has 23 heavy (non-hydrogen) atoms. The highest BCUT2D eigenvalue weighted by Gasteiger charge is 2.36. The van der Waals surface area contributed by atoms with Crippen LogP contribution in [0.15, 0.2) is 34.9 Å². The van der Waals surface area contributed by atoms with Crippen LogP contribution in [0, 0.1) is 6.92 Å². The average Bonchev–Trinajstić information content (AvgIpc) is 3.12. The zero-order valence-electron chi connectivity index (χ0n) is 13.3. The number of rotatable bonds is 6. The molecule has 0 spiro atoms. The molecule has 2 aromatic rings. The number of hydrogen-bond donors (Lipinski definition) is 2. The summed E-state index contributed by atoms with van der Waals surface area (Å²) in [4.78, 5) is 6.30. The molecule has 1 aliphatic heterocycles. The Balaban J connectivity index is 1.56. The number of hydrogen-bond acceptors (Lipinski definition) is 6. The largest absolute Gasteiger partial charge is 0.392 e. The number of nitrogens with zero attached hydrogens (tertiary/aromatic N) is 3. The fraction of sp³-hybridized carbons (Fsp3) is 0.529. The third-order valence-corrected chi connectivity index (χ3v) is 4.26. The molecule has 1 fully saturated rings. The van der Waals surface area contributed by atoms with Gasteiger partial charge in [-0.25, -0.2) is 0 Å². The molecule has 0 amide bonds. The first-order valence-electron chi connectivity index (χ1n) is 8.06. The van der Waals surface area contributed by atoms with Crippen molar-refractivity contribution in [1.29, 1.82) is 0 Å². The van der Waals surface area contributed by atoms with Gasteiger partial charge < -0.3 is 14.7 Å². The summed E-state index contributed by atoms with van der Waals surface area (Å²) in [5, 5.41) is 24.1. The molecule has 6 nitrogen and oxygen atoms in total. The minimum atomic E-state index is -0.452. The molecule has 124 valence electrons. The van der Waals surface area contributed by atoms with E-state index in [4.69, 9.17) is 4.52 Å². The van der Waals surface area contributed by atoms with Crippen LogP contribution in [-0.4, -0.2) is 50.6 Å². The number of aliphatic hydroxyl groups is 2. The van der Waals surface area contributed by atoms with Crippen molar-refractivity contribution >= 4 is 0 Å². The van der Waals surface area contributed by atoms with E-state index in [1.807, 2.05) is 23.1 Å². The SMILES string of the molecule is Cc1noc([C@H]2C[C@@H](O)CN2C[C@@H](O)CCc2ccccc2)n1. The van der Waals surface area contributed by atoms with Gasteiger partial charge in [0.05, 0.1) is 18.2 Å². The van der Waals surface area contributed by atoms with Crippen LogP contribution in [0.3, 0.4) is 0 Å². The highest BCUT2D eigenvalue weighted by molar-refractivity contribution is 5.14. The third kappa shape index (κ3) is 4.16. The lowest BCUT2D eigenvalue weighted by Crippen LogP contribution is -2.33. The highest BCUT2D eigenvalue weighted by Crippen LogP contribution is 2.31. The Hall–Kier alpha value is -1.76. The number of aryl methyl sites for hydroxylation is 2. The van der Waals surface area contributed by atoms with Crippen LogP contribution < -0.4 is 0 Å². The Kier molecular flexibility index (Phi) is 5.05. The maximum absolute atomic E-state index is 10.3. The molecule has 0 saturated carbocycles. The predicted molar refractivity (Wildman–Crippen MR) is 84.7 cm³/mol. The van der Waals surface area contributed by atoms with E-state index in [0.717, 1.165) is 6.42 Å². The van der Waals surface area contributed by atoms with E-state index in [-0.39, 0.29) is 6.04 Å². The monoisotopic (exact) mass is 317 g/mol. The molecule has 1 saturated heterocycles. The summed E-state index contributed by atoms with van der Waals surface area (Å²) in [6.45, 7) is 2.79. The van der Waals surface area contributed by atoms with Crippen LogP contribution in [0.4, 0.5) is 0 Å². The summed E-state index contributed by atoms with van der Waals surface area (Å²) >= 11 is 0. The van der Waals surface area contributed by atoms with Gasteiger partial charge in [-0.05, 0) is 31.7 Å². The second-order valence-electron chi connectivity index (χ2n) is 6.22. The number of aliphatic hydroxyl groups excluding tert-OH is 2. The highest BCUT2D eigenvalue weighted by atomic mass is 16.5. The predicted octanol–water partition coefficient (Wildman–Crippen LogP) is 1.48. The second-order valence-corrected chi connectivity index (χ2v) is 6.22. The van der Waals surface area contributed by atoms with E-state index in [9.17, 15) is 10.2 Å². The maximum atomic E-state index is 10.3. The van der Waals surface area contributed by atoms with Crippen molar-refractivity contribution in [1.82, 2.24) is 15.0 Å². The molecule has 2 N–H and O–H groups in total. The van der Waals surface area contributed by atoms with Crippen molar-refractivity contribution < 1.29 is 14.7 Å². The molecule has 1 aromatic heterocycles. The zero-order chi connectivity index (χ0) is 16.2. The quantitative estimate of drug-likeness (QED) is 0.840. The topological polar surface area (TPSA) is 82.6 Å². The van der Waals surface area contributed by atoms with Crippen molar-refractivity contribution in [2.45, 2.75) is 44.4 Å². The maximum Gasteiger partial charge on any atom is 0.244 e. The number of benzene rings is 1. The second kappa shape index (κ2) is 7.21. The van der Waals surface area contributed by atoms with Crippen molar-refractivity contribution in [3.05, 3.63) is 47.6 Å². The fourth-order valence-corrected chi connectivity index (χ4v) is 3.13. The van der Waals surface area contributed by atoms with Gasteiger partial charge >= 0.3 is 0 Å². The smallest absolute Gasteiger partial charge is 0.244 e. The van der Waals surface area contributed by atoms with E-state index in [1.165, 1.54) is 5.56 Å². The average molecular weight is 317 g/mol. The summed E-state index contributed by atoms with van der Waals surface area (Å²) in [7, 11) is 0. The first-order chi connectivity index (χ1) is 11.1. The lowest BCUT2D eigenvalue weighted by atomic mass is 10.1. The van der Waals surface area contributed by atoms with Gasteiger partial charge in [0.2, 0.25) is 5.89 Å². The van der Waals surface area contributed by atoms with Gasteiger partial charge in [0.15, 0.2) is 5.82 Å². The van der Waals surface area contributed by atoms with Gasteiger partial charge in [0, 0.05) is 13.1 Å². The van der Waals surface area contributed by atoms with Crippen LogP contribution in [0.25, 0.3) is 0 Å². The minimum Gasteiger partial charge on any atom is -0.392 e. The molecular formula is C17H23N3O3. The first-order valence-corrected chi connectivity index (χ1v) is 8.06. The van der Waals surface area contributed by atoms with Crippen LogP contribution in [0.5, 0.6) is 0 Å². The Bertz CT molecular complexity index is 617. The van der Waals surface area contributed by atoms with Gasteiger partial charge in [-0.15, -0.1) is 0 Å². The molecule has 3 atom stereocenters. The molecule has 0 aliphatic carbocycles. The van der Waals surface area contributed by atoms with Crippen molar-refractivity contribution in [2.24, 2.45) is 0 Å². The van der Waals surface area contributed by atoms with Crippen LogP contribution in [0.1, 0.15) is 36.2 Å². The molecular weight excluding hydrogens is 294 g/mol. The standard InChI is InChI=1S/C17H23N3O3/c1-12-18-17(23-19-12)16-9-15(22)11-20(16)10-14(21)8-7-13-5-3-2-4-6-13/h2-6,14-16,21-22H,7-11H2,1H3/t14-,15+,16+/m0/s1. The van der Waals surface area contributed by atoms with E-state index >= 15 is 0 Å². The van der Waals surface area contributed by atoms with Gasteiger partial charge in [-0.1, -0.05) is 35.5 Å². The summed E-state index contributed by atoms with van der Waals surface area (Å²) in [5.41, 5.74) is 1.22. The van der Waals surface area contributed by atoms with E-state index in [1.54, 1.807) is 6.92 Å². The zero-order valence-corrected chi connectivity index (χ0v) is 13.3. The van der Waals surface area contributed by atoms with Crippen LogP contribution >= 0.6 is 0 Å². The lowest BCUT2D eigenvalue weighted by Gasteiger charge is -2.24. The molecule has 6 heteroatoms. The van der Waals surface area contributed by atoms with Gasteiger partial charge in [0.1, 0.15) is 0 Å². The summed E-state index contributed by atoms with van der Waals surface area (Å²) in [6.07, 6.45) is 1.21. The summed E-state index contributed by atoms with van der Waals surface area (Å²) in [5.74, 6) is 1.11. The van der Waals surface area contributed by atoms with Crippen molar-refractivity contribution in [2.75, 3.05) is 13.1 Å². The molecule has 0 radical (unpaired) electrons. The van der Waals surface area contributed by atoms with Crippen molar-refractivity contribution in [3.8, 4) is 0 Å². The van der Waals surface area contributed by atoms with Crippen LogP contribution in [-0.2, 0) is 6.42 Å². The number of likely N-dealkylation sites (tertiary alicyclic amines) is 1. The van der Waals surface area contributed by atoms with Gasteiger partial charge in [0.25, 0.3) is 0 Å². The molecule has 0 unspecified atom stereocenters. The Morgan fingerprint density at radius 3 is 2.83 bits per heavy atom. The molecule has 3 rings (SSSR count). The first kappa shape index (κ1) is 16.1. The van der Waals surface area contributed by atoms with E-state index in [2.05, 4.69) is 22.3 Å². The van der Waals surface area contributed by atoms with Crippen molar-refractivity contribution in [3.63, 3.8) is 0 Å². The minimum absolute atomic E-state index is 0.113.